The molecule has 0 radical (unpaired) electrons. The molecular weight excluding hydrogens is 510 g/mol. The Morgan fingerprint density at radius 1 is 0.381 bits per heavy atom. The van der Waals surface area contributed by atoms with Gasteiger partial charge in [-0.1, -0.05) is 121 Å². The van der Waals surface area contributed by atoms with Crippen LogP contribution in [0.2, 0.25) is 0 Å². The van der Waals surface area contributed by atoms with Crippen LogP contribution in [0.3, 0.4) is 0 Å². The predicted octanol–water partition coefficient (Wildman–Crippen LogP) is 9.97. The Balaban J connectivity index is 1.15. The highest BCUT2D eigenvalue weighted by Gasteiger charge is 2.14. The van der Waals surface area contributed by atoms with Crippen LogP contribution in [0, 0.1) is 0 Å². The zero-order chi connectivity index (χ0) is 27.9. The molecule has 42 heavy (non-hydrogen) atoms. The van der Waals surface area contributed by atoms with E-state index in [2.05, 4.69) is 156 Å². The van der Waals surface area contributed by atoms with E-state index in [0.29, 0.717) is 0 Å². The Kier molecular flexibility index (Phi) is 5.79. The molecule has 0 fully saturated rings. The van der Waals surface area contributed by atoms with Crippen molar-refractivity contribution >= 4 is 21.8 Å². The maximum Gasteiger partial charge on any atom is 0.0934 e. The average molecular weight is 538 g/mol. The van der Waals surface area contributed by atoms with Crippen LogP contribution in [-0.2, 0) is 0 Å². The summed E-state index contributed by atoms with van der Waals surface area (Å²) in [5.74, 6) is 0. The molecule has 2 heterocycles. The normalized spacial score (nSPS) is 11.3. The van der Waals surface area contributed by atoms with Crippen LogP contribution in [-0.4, -0.2) is 14.3 Å². The minimum Gasteiger partial charge on any atom is -0.309 e. The second kappa shape index (κ2) is 10.1. The number of benzene rings is 6. The van der Waals surface area contributed by atoms with Gasteiger partial charge in [0.05, 0.1) is 28.1 Å². The van der Waals surface area contributed by atoms with Crippen molar-refractivity contribution in [3.8, 4) is 45.0 Å². The number of hydrogen-bond acceptors (Lipinski definition) is 1. The highest BCUT2D eigenvalue weighted by molar-refractivity contribution is 6.09. The van der Waals surface area contributed by atoms with E-state index in [4.69, 9.17) is 5.10 Å². The molecule has 198 valence electrons. The van der Waals surface area contributed by atoms with Crippen molar-refractivity contribution in [3.63, 3.8) is 0 Å². The van der Waals surface area contributed by atoms with Gasteiger partial charge in [0.25, 0.3) is 0 Å². The lowest BCUT2D eigenvalue weighted by molar-refractivity contribution is 0.892. The molecule has 0 aliphatic carbocycles. The van der Waals surface area contributed by atoms with Crippen LogP contribution in [0.4, 0.5) is 0 Å². The lowest BCUT2D eigenvalue weighted by Crippen LogP contribution is -1.99. The van der Waals surface area contributed by atoms with Crippen LogP contribution >= 0.6 is 0 Å². The molecule has 0 saturated heterocycles. The molecule has 0 spiro atoms. The van der Waals surface area contributed by atoms with E-state index in [1.54, 1.807) is 0 Å². The highest BCUT2D eigenvalue weighted by Crippen LogP contribution is 2.33. The zero-order valence-corrected chi connectivity index (χ0v) is 22.9. The van der Waals surface area contributed by atoms with Crippen LogP contribution in [0.15, 0.2) is 164 Å². The van der Waals surface area contributed by atoms with E-state index >= 15 is 0 Å². The monoisotopic (exact) mass is 537 g/mol. The van der Waals surface area contributed by atoms with Crippen molar-refractivity contribution in [3.05, 3.63) is 164 Å². The van der Waals surface area contributed by atoms with Crippen LogP contribution < -0.4 is 0 Å². The molecule has 8 aromatic rings. The van der Waals surface area contributed by atoms with Crippen molar-refractivity contribution in [2.24, 2.45) is 0 Å². The molecule has 0 saturated carbocycles. The molecule has 0 N–H and O–H groups in total. The molecule has 2 aromatic heterocycles. The zero-order valence-electron chi connectivity index (χ0n) is 22.9. The number of aromatic nitrogens is 3. The van der Waals surface area contributed by atoms with Crippen molar-refractivity contribution < 1.29 is 0 Å². The van der Waals surface area contributed by atoms with E-state index in [1.807, 2.05) is 16.8 Å². The third kappa shape index (κ3) is 4.11. The first-order valence-corrected chi connectivity index (χ1v) is 14.2. The van der Waals surface area contributed by atoms with Gasteiger partial charge in [0.15, 0.2) is 0 Å². The molecule has 6 aromatic carbocycles. The summed E-state index contributed by atoms with van der Waals surface area (Å²) >= 11 is 0. The predicted molar refractivity (Wildman–Crippen MR) is 174 cm³/mol. The lowest BCUT2D eigenvalue weighted by Gasteiger charge is -2.11. The molecule has 3 nitrogen and oxygen atoms in total. The third-order valence-electron chi connectivity index (χ3n) is 8.00. The summed E-state index contributed by atoms with van der Waals surface area (Å²) in [5.41, 5.74) is 11.2. The van der Waals surface area contributed by atoms with Crippen molar-refractivity contribution in [1.29, 1.82) is 0 Å². The van der Waals surface area contributed by atoms with E-state index in [-0.39, 0.29) is 0 Å². The molecular formula is C39H27N3. The Labute approximate surface area is 244 Å². The summed E-state index contributed by atoms with van der Waals surface area (Å²) in [7, 11) is 0. The largest absolute Gasteiger partial charge is 0.309 e. The Morgan fingerprint density at radius 2 is 0.857 bits per heavy atom. The second-order valence-corrected chi connectivity index (χ2v) is 10.5. The fourth-order valence-corrected chi connectivity index (χ4v) is 5.94. The Hall–Kier alpha value is -5.67. The van der Waals surface area contributed by atoms with Gasteiger partial charge in [0.1, 0.15) is 0 Å². The molecule has 0 bridgehead atoms. The molecule has 8 rings (SSSR count). The van der Waals surface area contributed by atoms with Gasteiger partial charge in [-0.2, -0.15) is 5.10 Å². The van der Waals surface area contributed by atoms with Crippen LogP contribution in [0.1, 0.15) is 0 Å². The molecule has 0 aliphatic heterocycles. The van der Waals surface area contributed by atoms with Gasteiger partial charge in [-0.25, -0.2) is 4.68 Å². The van der Waals surface area contributed by atoms with Gasteiger partial charge >= 0.3 is 0 Å². The number of hydrogen-bond donors (Lipinski definition) is 0. The minimum atomic E-state index is 0.958. The molecule has 0 atom stereocenters. The summed E-state index contributed by atoms with van der Waals surface area (Å²) in [6.07, 6.45) is 0. The van der Waals surface area contributed by atoms with Gasteiger partial charge in [0, 0.05) is 27.6 Å². The first-order valence-electron chi connectivity index (χ1n) is 14.2. The van der Waals surface area contributed by atoms with E-state index in [0.717, 1.165) is 33.9 Å². The maximum atomic E-state index is 5.03. The van der Waals surface area contributed by atoms with Crippen LogP contribution in [0.5, 0.6) is 0 Å². The summed E-state index contributed by atoms with van der Waals surface area (Å²) in [5, 5.41) is 7.58. The van der Waals surface area contributed by atoms with Crippen molar-refractivity contribution in [2.75, 3.05) is 0 Å². The van der Waals surface area contributed by atoms with Gasteiger partial charge < -0.3 is 4.57 Å². The summed E-state index contributed by atoms with van der Waals surface area (Å²) in [6.45, 7) is 0. The fourth-order valence-electron chi connectivity index (χ4n) is 5.94. The second-order valence-electron chi connectivity index (χ2n) is 10.5. The van der Waals surface area contributed by atoms with E-state index in [9.17, 15) is 0 Å². The minimum absolute atomic E-state index is 0.958. The van der Waals surface area contributed by atoms with Crippen molar-refractivity contribution in [1.82, 2.24) is 14.3 Å². The summed E-state index contributed by atoms with van der Waals surface area (Å²) in [4.78, 5) is 0. The van der Waals surface area contributed by atoms with Gasteiger partial charge in [-0.05, 0) is 53.6 Å². The van der Waals surface area contributed by atoms with Crippen LogP contribution in [0.25, 0.3) is 66.8 Å². The van der Waals surface area contributed by atoms with Gasteiger partial charge in [-0.3, -0.25) is 0 Å². The van der Waals surface area contributed by atoms with E-state index < -0.39 is 0 Å². The fraction of sp³-hybridized carbons (Fsp3) is 0. The van der Waals surface area contributed by atoms with Gasteiger partial charge in [-0.15, -0.1) is 0 Å². The number of nitrogens with zero attached hydrogens (tertiary/aromatic N) is 3. The maximum absolute atomic E-state index is 5.03. The number of para-hydroxylation sites is 2. The number of fused-ring (bicyclic) bond motifs is 3. The first-order chi connectivity index (χ1) is 20.8. The number of rotatable bonds is 5. The third-order valence-corrected chi connectivity index (χ3v) is 8.00. The molecule has 0 amide bonds. The smallest absolute Gasteiger partial charge is 0.0934 e. The molecule has 0 aliphatic rings. The Morgan fingerprint density at radius 3 is 1.43 bits per heavy atom. The van der Waals surface area contributed by atoms with Crippen molar-refractivity contribution in [2.45, 2.75) is 0 Å². The molecule has 0 unspecified atom stereocenters. The highest BCUT2D eigenvalue weighted by atomic mass is 15.3. The Bertz CT molecular complexity index is 2100. The van der Waals surface area contributed by atoms with E-state index in [1.165, 1.54) is 32.9 Å². The topological polar surface area (TPSA) is 22.8 Å². The average Bonchev–Trinajstić information content (AvgIpc) is 3.66. The first kappa shape index (κ1) is 24.2. The lowest BCUT2D eigenvalue weighted by atomic mass is 10.0. The summed E-state index contributed by atoms with van der Waals surface area (Å²) < 4.78 is 4.40. The quantitative estimate of drug-likeness (QED) is 0.214. The summed E-state index contributed by atoms with van der Waals surface area (Å²) in [6, 6.07) is 57.8. The standard InChI is InChI=1S/C39H27N3/c1-3-11-30(12-4-1)36-27-39(31-13-5-2-6-14-31)42(40-36)33-25-21-29(22-26-33)28-19-23-32(24-20-28)41-37-17-9-7-15-34(37)35-16-8-10-18-38(35)41/h1-27H. The molecule has 3 heteroatoms. The van der Waals surface area contributed by atoms with Gasteiger partial charge in [0.2, 0.25) is 0 Å². The SMILES string of the molecule is c1ccc(-c2cc(-c3ccccc3)n(-c3ccc(-c4ccc(-n5c6ccccc6c6ccccc65)cc4)cc3)n2)cc1.